The van der Waals surface area contributed by atoms with Crippen LogP contribution in [0.5, 0.6) is 0 Å². The summed E-state index contributed by atoms with van der Waals surface area (Å²) >= 11 is 3.28. The molecule has 1 aromatic carbocycles. The van der Waals surface area contributed by atoms with Gasteiger partial charge in [-0.3, -0.25) is 9.59 Å². The minimum absolute atomic E-state index is 0.0557. The molecule has 0 bridgehead atoms. The number of thioether (sulfide) groups is 1. The molecule has 0 aliphatic heterocycles. The van der Waals surface area contributed by atoms with Gasteiger partial charge in [0.15, 0.2) is 12.4 Å². The number of hydrogen-bond donors (Lipinski definition) is 0. The Hall–Kier alpha value is -2.70. The van der Waals surface area contributed by atoms with Gasteiger partial charge in [0.05, 0.1) is 23.5 Å². The van der Waals surface area contributed by atoms with Gasteiger partial charge in [-0.1, -0.05) is 42.5 Å². The number of benzene rings is 1. The number of aryl methyl sites for hydroxylation is 1. The lowest BCUT2D eigenvalue weighted by Gasteiger charge is -2.14. The smallest absolute Gasteiger partial charge is 0.310 e. The standard InChI is InChI=1S/C27H28NO3S2/c1-3-31-23(29)18-22-24(28-16-14-19(2)15-17-28)27(32-21-12-8-5-9-13-21)33-26(22)25(30)20-10-6-4-7-11-20/h4,6-8,10-12,14-17,21H,3,5,9,13,18H2,1-2H3/q+1. The Balaban J connectivity index is 1.86. The van der Waals surface area contributed by atoms with Gasteiger partial charge in [0.25, 0.3) is 0 Å². The van der Waals surface area contributed by atoms with Gasteiger partial charge < -0.3 is 4.74 Å². The summed E-state index contributed by atoms with van der Waals surface area (Å²) in [6.45, 7) is 4.16. The fraction of sp³-hybridized carbons (Fsp3) is 0.296. The SMILES string of the molecule is CCOC(=O)Cc1c(C(=O)c2ccccc2)sc(SC2C=CCCC2)c1-[n+]1ccc(C)cc1. The van der Waals surface area contributed by atoms with E-state index in [1.54, 1.807) is 18.7 Å². The fourth-order valence-corrected chi connectivity index (χ4v) is 6.78. The number of carbonyl (C=O) groups is 2. The monoisotopic (exact) mass is 478 g/mol. The molecule has 0 saturated carbocycles. The van der Waals surface area contributed by atoms with Crippen molar-refractivity contribution in [3.63, 3.8) is 0 Å². The van der Waals surface area contributed by atoms with Crippen molar-refractivity contribution in [2.24, 2.45) is 0 Å². The summed E-state index contributed by atoms with van der Waals surface area (Å²) in [6.07, 6.45) is 12.0. The number of nitrogens with zero attached hydrogens (tertiary/aromatic N) is 1. The number of hydrogen-bond acceptors (Lipinski definition) is 5. The van der Waals surface area contributed by atoms with Crippen LogP contribution in [0.25, 0.3) is 5.69 Å². The highest BCUT2D eigenvalue weighted by atomic mass is 32.2. The van der Waals surface area contributed by atoms with E-state index in [0.717, 1.165) is 40.3 Å². The quantitative estimate of drug-likeness (QED) is 0.176. The van der Waals surface area contributed by atoms with Gasteiger partial charge in [-0.15, -0.1) is 23.1 Å². The Bertz CT molecular complexity index is 1150. The summed E-state index contributed by atoms with van der Waals surface area (Å²) in [6, 6.07) is 13.4. The normalized spacial score (nSPS) is 15.4. The van der Waals surface area contributed by atoms with E-state index in [9.17, 15) is 9.59 Å². The maximum atomic E-state index is 13.6. The largest absolute Gasteiger partial charge is 0.466 e. The number of ketones is 1. The molecule has 1 unspecified atom stereocenters. The van der Waals surface area contributed by atoms with Crippen LogP contribution in [0.15, 0.2) is 71.2 Å². The molecule has 0 N–H and O–H groups in total. The first-order chi connectivity index (χ1) is 16.1. The maximum Gasteiger partial charge on any atom is 0.310 e. The van der Waals surface area contributed by atoms with Crippen LogP contribution in [0.4, 0.5) is 0 Å². The van der Waals surface area contributed by atoms with Crippen LogP contribution < -0.4 is 4.57 Å². The van der Waals surface area contributed by atoms with Crippen molar-refractivity contribution in [2.75, 3.05) is 6.61 Å². The number of thiophene rings is 1. The molecule has 2 heterocycles. The van der Waals surface area contributed by atoms with Crippen LogP contribution >= 0.6 is 23.1 Å². The number of carbonyl (C=O) groups excluding carboxylic acids is 2. The third-order valence-electron chi connectivity index (χ3n) is 5.54. The van der Waals surface area contributed by atoms with Crippen molar-refractivity contribution < 1.29 is 18.9 Å². The minimum Gasteiger partial charge on any atom is -0.466 e. The van der Waals surface area contributed by atoms with Gasteiger partial charge in [0, 0.05) is 22.9 Å². The van der Waals surface area contributed by atoms with E-state index >= 15 is 0 Å². The lowest BCUT2D eigenvalue weighted by Crippen LogP contribution is -2.32. The van der Waals surface area contributed by atoms with Crippen molar-refractivity contribution in [1.82, 2.24) is 0 Å². The van der Waals surface area contributed by atoms with Gasteiger partial charge in [-0.25, -0.2) is 0 Å². The van der Waals surface area contributed by atoms with Crippen molar-refractivity contribution >= 4 is 34.9 Å². The van der Waals surface area contributed by atoms with Gasteiger partial charge >= 0.3 is 5.97 Å². The van der Waals surface area contributed by atoms with E-state index < -0.39 is 0 Å². The highest BCUT2D eigenvalue weighted by Gasteiger charge is 2.32. The predicted molar refractivity (Wildman–Crippen MR) is 133 cm³/mol. The van der Waals surface area contributed by atoms with Crippen LogP contribution in [0.2, 0.25) is 0 Å². The number of allylic oxidation sites excluding steroid dienone is 1. The molecule has 0 amide bonds. The van der Waals surface area contributed by atoms with Crippen molar-refractivity contribution in [3.05, 3.63) is 88.6 Å². The Morgan fingerprint density at radius 3 is 2.58 bits per heavy atom. The lowest BCUT2D eigenvalue weighted by molar-refractivity contribution is -0.598. The molecule has 4 rings (SSSR count). The number of esters is 1. The number of rotatable bonds is 8. The van der Waals surface area contributed by atoms with E-state index in [1.165, 1.54) is 11.3 Å². The van der Waals surface area contributed by atoms with Crippen molar-refractivity contribution in [3.8, 4) is 5.69 Å². The van der Waals surface area contributed by atoms with Gasteiger partial charge in [0.2, 0.25) is 11.5 Å². The highest BCUT2D eigenvalue weighted by Crippen LogP contribution is 2.42. The second-order valence-electron chi connectivity index (χ2n) is 8.02. The third kappa shape index (κ3) is 5.63. The first kappa shape index (κ1) is 23.5. The van der Waals surface area contributed by atoms with E-state index in [4.69, 9.17) is 4.74 Å². The zero-order valence-corrected chi connectivity index (χ0v) is 20.6. The molecule has 170 valence electrons. The Kier molecular flexibility index (Phi) is 7.78. The van der Waals surface area contributed by atoms with E-state index in [2.05, 4.69) is 12.2 Å². The van der Waals surface area contributed by atoms with Crippen LogP contribution in [0, 0.1) is 6.92 Å². The first-order valence-corrected chi connectivity index (χ1v) is 13.0. The second kappa shape index (κ2) is 10.9. The number of pyridine rings is 1. The predicted octanol–water partition coefficient (Wildman–Crippen LogP) is 5.87. The third-order valence-corrected chi connectivity index (χ3v) is 8.20. The molecule has 4 nitrogen and oxygen atoms in total. The average molecular weight is 479 g/mol. The molecule has 0 spiro atoms. The van der Waals surface area contributed by atoms with Crippen molar-refractivity contribution in [1.29, 1.82) is 0 Å². The molecule has 1 atom stereocenters. The molecule has 1 aliphatic rings. The second-order valence-corrected chi connectivity index (χ2v) is 10.5. The van der Waals surface area contributed by atoms with E-state index in [-0.39, 0.29) is 18.2 Å². The van der Waals surface area contributed by atoms with Crippen molar-refractivity contribution in [2.45, 2.75) is 49.0 Å². The zero-order chi connectivity index (χ0) is 23.2. The molecule has 6 heteroatoms. The molecular weight excluding hydrogens is 450 g/mol. The molecule has 0 radical (unpaired) electrons. The Morgan fingerprint density at radius 2 is 1.91 bits per heavy atom. The van der Waals surface area contributed by atoms with Crippen LogP contribution in [-0.2, 0) is 16.0 Å². The summed E-state index contributed by atoms with van der Waals surface area (Å²) in [5, 5.41) is 0.359. The van der Waals surface area contributed by atoms with Gasteiger partial charge in [-0.2, -0.15) is 4.57 Å². The zero-order valence-electron chi connectivity index (χ0n) is 19.0. The Morgan fingerprint density at radius 1 is 1.15 bits per heavy atom. The number of ether oxygens (including phenoxy) is 1. The summed E-state index contributed by atoms with van der Waals surface area (Å²) in [4.78, 5) is 26.8. The maximum absolute atomic E-state index is 13.6. The average Bonchev–Trinajstić information content (AvgIpc) is 3.17. The van der Waals surface area contributed by atoms with E-state index in [1.807, 2.05) is 66.3 Å². The van der Waals surface area contributed by atoms with E-state index in [0.29, 0.717) is 22.3 Å². The van der Waals surface area contributed by atoms with Crippen LogP contribution in [0.3, 0.4) is 0 Å². The topological polar surface area (TPSA) is 47.3 Å². The minimum atomic E-state index is -0.319. The molecule has 33 heavy (non-hydrogen) atoms. The van der Waals surface area contributed by atoms with Gasteiger partial charge in [0.1, 0.15) is 4.21 Å². The highest BCUT2D eigenvalue weighted by molar-refractivity contribution is 8.02. The first-order valence-electron chi connectivity index (χ1n) is 11.3. The molecular formula is C27H28NO3S2+. The molecule has 1 aliphatic carbocycles. The summed E-state index contributed by atoms with van der Waals surface area (Å²) in [5.74, 6) is -0.375. The molecule has 2 aromatic heterocycles. The lowest BCUT2D eigenvalue weighted by atomic mass is 10.0. The fourth-order valence-electron chi connectivity index (χ4n) is 3.87. The Labute approximate surface area is 203 Å². The molecule has 0 fully saturated rings. The molecule has 0 saturated heterocycles. The summed E-state index contributed by atoms with van der Waals surface area (Å²) < 4.78 is 8.37. The van der Waals surface area contributed by atoms with Crippen LogP contribution in [-0.4, -0.2) is 23.6 Å². The molecule has 3 aromatic rings. The van der Waals surface area contributed by atoms with Gasteiger partial charge in [-0.05, 0) is 38.7 Å². The summed E-state index contributed by atoms with van der Waals surface area (Å²) in [7, 11) is 0. The van der Waals surface area contributed by atoms with Crippen LogP contribution in [0.1, 0.15) is 52.5 Å². The number of aromatic nitrogens is 1. The summed E-state index contributed by atoms with van der Waals surface area (Å²) in [5.41, 5.74) is 3.43.